The quantitative estimate of drug-likeness (QED) is 0.394. The summed E-state index contributed by atoms with van der Waals surface area (Å²) >= 11 is 0. The van der Waals surface area contributed by atoms with Crippen molar-refractivity contribution < 1.29 is 24.2 Å². The van der Waals surface area contributed by atoms with Gasteiger partial charge in [0.1, 0.15) is 6.42 Å². The zero-order valence-corrected chi connectivity index (χ0v) is 3.76. The second kappa shape index (κ2) is 5.60. The van der Waals surface area contributed by atoms with Crippen LogP contribution in [0, 0.1) is 0 Å². The van der Waals surface area contributed by atoms with Crippen molar-refractivity contribution in [2.24, 2.45) is 0 Å². The van der Waals surface area contributed by atoms with E-state index in [1.54, 1.807) is 0 Å². The van der Waals surface area contributed by atoms with Crippen LogP contribution in [0.4, 0.5) is 4.53 Å². The number of carbonyl (C=O) groups excluding carboxylic acids is 1. The van der Waals surface area contributed by atoms with Gasteiger partial charge in [-0.2, -0.15) is 0 Å². The van der Waals surface area contributed by atoms with E-state index in [4.69, 9.17) is 5.11 Å². The molecular weight excluding hydrogens is 126 g/mol. The van der Waals surface area contributed by atoms with Gasteiger partial charge in [0, 0.05) is 4.53 Å². The standard InChI is InChI=1S/C3H3FO4.Li.H/c4-8-3(7)1-2(5)6;;/h1H2,(H,5,6);;. The van der Waals surface area contributed by atoms with Crippen molar-refractivity contribution in [3.05, 3.63) is 0 Å². The number of hydrogen-bond donors (Lipinski definition) is 1. The topological polar surface area (TPSA) is 63.6 Å². The average molecular weight is 130 g/mol. The number of carboxylic acids is 1. The molecule has 0 bridgehead atoms. The number of carbonyl (C=O) groups is 2. The molecule has 0 amide bonds. The summed E-state index contributed by atoms with van der Waals surface area (Å²) in [5, 5.41) is 7.75. The molecule has 0 heterocycles. The van der Waals surface area contributed by atoms with Crippen molar-refractivity contribution in [1.29, 1.82) is 0 Å². The Morgan fingerprint density at radius 3 is 2.11 bits per heavy atom. The summed E-state index contributed by atoms with van der Waals surface area (Å²) < 4.78 is 10.6. The van der Waals surface area contributed by atoms with E-state index in [9.17, 15) is 14.1 Å². The molecule has 0 aliphatic heterocycles. The fourth-order valence-corrected chi connectivity index (χ4v) is 0.151. The third kappa shape index (κ3) is 7.47. The number of rotatable bonds is 2. The second-order valence-electron chi connectivity index (χ2n) is 1.02. The SMILES string of the molecule is O=C(O)CC(=O)OF.[LiH]. The predicted molar refractivity (Wildman–Crippen MR) is 26.6 cm³/mol. The van der Waals surface area contributed by atoms with Crippen molar-refractivity contribution in [3.63, 3.8) is 0 Å². The van der Waals surface area contributed by atoms with Crippen LogP contribution in [0.3, 0.4) is 0 Å². The van der Waals surface area contributed by atoms with E-state index in [1.807, 2.05) is 0 Å². The first-order valence-electron chi connectivity index (χ1n) is 1.70. The summed E-state index contributed by atoms with van der Waals surface area (Å²) in [6, 6.07) is 0. The molecule has 0 radical (unpaired) electrons. The van der Waals surface area contributed by atoms with Crippen LogP contribution in [-0.2, 0) is 14.5 Å². The van der Waals surface area contributed by atoms with Crippen molar-refractivity contribution in [2.75, 3.05) is 0 Å². The molecule has 0 aromatic heterocycles. The molecule has 0 aromatic carbocycles. The first kappa shape index (κ1) is 11.3. The molecule has 0 aliphatic rings. The van der Waals surface area contributed by atoms with Gasteiger partial charge in [0.05, 0.1) is 0 Å². The van der Waals surface area contributed by atoms with Crippen LogP contribution >= 0.6 is 0 Å². The van der Waals surface area contributed by atoms with Gasteiger partial charge in [0.25, 0.3) is 0 Å². The van der Waals surface area contributed by atoms with E-state index >= 15 is 0 Å². The second-order valence-corrected chi connectivity index (χ2v) is 1.02. The third-order valence-electron chi connectivity index (χ3n) is 0.382. The summed E-state index contributed by atoms with van der Waals surface area (Å²) in [6.07, 6.45) is -0.934. The molecule has 48 valence electrons. The molecule has 9 heavy (non-hydrogen) atoms. The Morgan fingerprint density at radius 2 is 2.00 bits per heavy atom. The summed E-state index contributed by atoms with van der Waals surface area (Å²) in [7, 11) is 0. The molecule has 0 atom stereocenters. The predicted octanol–water partition coefficient (Wildman–Crippen LogP) is -0.760. The molecule has 0 saturated carbocycles. The van der Waals surface area contributed by atoms with Gasteiger partial charge >= 0.3 is 30.8 Å². The first-order valence-corrected chi connectivity index (χ1v) is 1.70. The molecule has 0 saturated heterocycles. The fourth-order valence-electron chi connectivity index (χ4n) is 0.151. The third-order valence-corrected chi connectivity index (χ3v) is 0.382. The van der Waals surface area contributed by atoms with Crippen molar-refractivity contribution in [2.45, 2.75) is 6.42 Å². The monoisotopic (exact) mass is 130 g/mol. The molecule has 6 heteroatoms. The van der Waals surface area contributed by atoms with E-state index in [0.29, 0.717) is 0 Å². The van der Waals surface area contributed by atoms with Crippen LogP contribution in [0.5, 0.6) is 0 Å². The van der Waals surface area contributed by atoms with Gasteiger partial charge in [0.15, 0.2) is 0 Å². The maximum atomic E-state index is 10.6. The number of halogens is 1. The molecule has 0 fully saturated rings. The first-order chi connectivity index (χ1) is 3.66. The Hall–Kier alpha value is -0.533. The van der Waals surface area contributed by atoms with E-state index in [-0.39, 0.29) is 18.9 Å². The zero-order chi connectivity index (χ0) is 6.57. The van der Waals surface area contributed by atoms with Crippen LogP contribution in [0.1, 0.15) is 6.42 Å². The summed E-state index contributed by atoms with van der Waals surface area (Å²) in [5.41, 5.74) is 0. The summed E-state index contributed by atoms with van der Waals surface area (Å²) in [5.74, 6) is -2.80. The van der Waals surface area contributed by atoms with Gasteiger partial charge in [-0.1, -0.05) is 0 Å². The van der Waals surface area contributed by atoms with Gasteiger partial charge in [0.2, 0.25) is 0 Å². The molecular formula is C3H4FLiO4. The Balaban J connectivity index is 0. The van der Waals surface area contributed by atoms with Crippen LogP contribution in [-0.4, -0.2) is 35.9 Å². The zero-order valence-electron chi connectivity index (χ0n) is 3.76. The molecule has 0 aromatic rings. The number of carboxylic acid groups (broad SMARTS) is 1. The minimum absolute atomic E-state index is 0. The number of aliphatic carboxylic acids is 1. The molecule has 0 spiro atoms. The normalized spacial score (nSPS) is 7.22. The van der Waals surface area contributed by atoms with Crippen LogP contribution in [0.2, 0.25) is 0 Å². The molecule has 0 unspecified atom stereocenters. The van der Waals surface area contributed by atoms with Crippen molar-refractivity contribution in [1.82, 2.24) is 0 Å². The van der Waals surface area contributed by atoms with Crippen LogP contribution in [0.25, 0.3) is 0 Å². The van der Waals surface area contributed by atoms with Gasteiger partial charge < -0.3 is 5.11 Å². The van der Waals surface area contributed by atoms with Crippen molar-refractivity contribution in [3.8, 4) is 0 Å². The van der Waals surface area contributed by atoms with Crippen LogP contribution < -0.4 is 0 Å². The van der Waals surface area contributed by atoms with E-state index in [1.165, 1.54) is 0 Å². The number of hydrogen-bond acceptors (Lipinski definition) is 3. The van der Waals surface area contributed by atoms with Crippen molar-refractivity contribution >= 4 is 30.8 Å². The molecule has 1 N–H and O–H groups in total. The Bertz CT molecular complexity index is 114. The molecule has 4 nitrogen and oxygen atoms in total. The average Bonchev–Trinajstić information content (AvgIpc) is 1.65. The molecule has 0 rings (SSSR count). The van der Waals surface area contributed by atoms with Gasteiger partial charge in [-0.3, -0.25) is 9.74 Å². The maximum absolute atomic E-state index is 10.6. The minimum atomic E-state index is -1.41. The Morgan fingerprint density at radius 1 is 1.56 bits per heavy atom. The summed E-state index contributed by atoms with van der Waals surface area (Å²) in [4.78, 5) is 21.7. The molecule has 0 aliphatic carbocycles. The van der Waals surface area contributed by atoms with E-state index < -0.39 is 18.4 Å². The fraction of sp³-hybridized carbons (Fsp3) is 0.333. The Kier molecular flexibility index (Phi) is 7.03. The van der Waals surface area contributed by atoms with E-state index in [2.05, 4.69) is 4.94 Å². The van der Waals surface area contributed by atoms with Crippen LogP contribution in [0.15, 0.2) is 0 Å². The van der Waals surface area contributed by atoms with Gasteiger partial charge in [-0.05, 0) is 0 Å². The van der Waals surface area contributed by atoms with Gasteiger partial charge in [-0.15, -0.1) is 0 Å². The van der Waals surface area contributed by atoms with E-state index in [0.717, 1.165) is 0 Å². The Labute approximate surface area is 62.1 Å². The van der Waals surface area contributed by atoms with Gasteiger partial charge in [-0.25, -0.2) is 4.79 Å². The summed E-state index contributed by atoms with van der Waals surface area (Å²) in [6.45, 7) is 0.